The molecule has 5 nitrogen and oxygen atoms in total. The highest BCUT2D eigenvalue weighted by Crippen LogP contribution is 2.24. The molecule has 0 aliphatic rings. The quantitative estimate of drug-likeness (QED) is 0.423. The molecule has 1 rings (SSSR count). The van der Waals surface area contributed by atoms with Crippen LogP contribution in [0.15, 0.2) is 23.3 Å². The van der Waals surface area contributed by atoms with Gasteiger partial charge in [-0.3, -0.25) is 0 Å². The van der Waals surface area contributed by atoms with E-state index in [2.05, 4.69) is 10.0 Å². The lowest BCUT2D eigenvalue weighted by Gasteiger charge is -2.08. The van der Waals surface area contributed by atoms with E-state index < -0.39 is 0 Å². The van der Waals surface area contributed by atoms with Crippen molar-refractivity contribution in [3.8, 4) is 11.5 Å². The Morgan fingerprint density at radius 2 is 2.13 bits per heavy atom. The van der Waals surface area contributed by atoms with Crippen LogP contribution in [0, 0.1) is 0 Å². The molecule has 0 spiro atoms. The minimum atomic E-state index is 0.430. The van der Waals surface area contributed by atoms with Gasteiger partial charge in [-0.1, -0.05) is 11.2 Å². The molecule has 0 aliphatic carbocycles. The lowest BCUT2D eigenvalue weighted by molar-refractivity contribution is 0.391. The Morgan fingerprint density at radius 3 is 2.73 bits per heavy atom. The molecule has 0 fully saturated rings. The summed E-state index contributed by atoms with van der Waals surface area (Å²) in [6.07, 6.45) is 0.664. The average molecular weight is 207 g/mol. The van der Waals surface area contributed by atoms with E-state index in [1.54, 1.807) is 14.2 Å². The maximum absolute atomic E-state index is 8.16. The fourth-order valence-corrected chi connectivity index (χ4v) is 1.27. The summed E-state index contributed by atoms with van der Waals surface area (Å²) in [7, 11) is 3.21. The summed E-state index contributed by atoms with van der Waals surface area (Å²) in [5.41, 5.74) is 9.17. The molecule has 0 aromatic heterocycles. The maximum atomic E-state index is 8.16. The van der Waals surface area contributed by atoms with Gasteiger partial charge in [0, 0.05) is 17.5 Å². The molecule has 0 N–H and O–H groups in total. The number of nitrogens with zero attached hydrogens (tertiary/aromatic N) is 3. The second-order valence-corrected chi connectivity index (χ2v) is 2.88. The Balaban J connectivity index is 2.82. The first-order valence-corrected chi connectivity index (χ1v) is 4.53. The van der Waals surface area contributed by atoms with Gasteiger partial charge in [-0.05, 0) is 23.6 Å². The topological polar surface area (TPSA) is 67.2 Å². The summed E-state index contributed by atoms with van der Waals surface area (Å²) in [6.45, 7) is 0.430. The smallest absolute Gasteiger partial charge is 0.125 e. The zero-order valence-electron chi connectivity index (χ0n) is 8.80. The molecule has 15 heavy (non-hydrogen) atoms. The predicted octanol–water partition coefficient (Wildman–Crippen LogP) is 2.56. The zero-order chi connectivity index (χ0) is 11.1. The van der Waals surface area contributed by atoms with E-state index in [-0.39, 0.29) is 0 Å². The first-order valence-electron chi connectivity index (χ1n) is 4.53. The van der Waals surface area contributed by atoms with Gasteiger partial charge in [0.2, 0.25) is 0 Å². The minimum Gasteiger partial charge on any atom is -0.497 e. The second kappa shape index (κ2) is 5.78. The second-order valence-electron chi connectivity index (χ2n) is 2.88. The van der Waals surface area contributed by atoms with Crippen molar-refractivity contribution >= 4 is 0 Å². The van der Waals surface area contributed by atoms with Crippen molar-refractivity contribution in [3.63, 3.8) is 0 Å². The number of benzene rings is 1. The third-order valence-electron chi connectivity index (χ3n) is 2.04. The summed E-state index contributed by atoms with van der Waals surface area (Å²) in [4.78, 5) is 2.70. The molecule has 0 saturated carbocycles. The van der Waals surface area contributed by atoms with Crippen LogP contribution in [0.2, 0.25) is 0 Å². The third kappa shape index (κ3) is 3.07. The Hall–Kier alpha value is -1.87. The van der Waals surface area contributed by atoms with Gasteiger partial charge in [0.1, 0.15) is 11.5 Å². The highest BCUT2D eigenvalue weighted by atomic mass is 16.5. The molecule has 0 bridgehead atoms. The van der Waals surface area contributed by atoms with Crippen LogP contribution in [0.25, 0.3) is 10.4 Å². The van der Waals surface area contributed by atoms with Crippen molar-refractivity contribution in [1.82, 2.24) is 0 Å². The number of azide groups is 1. The van der Waals surface area contributed by atoms with Crippen molar-refractivity contribution in [3.05, 3.63) is 34.2 Å². The van der Waals surface area contributed by atoms with Crippen molar-refractivity contribution < 1.29 is 9.47 Å². The minimum absolute atomic E-state index is 0.430. The Kier molecular flexibility index (Phi) is 4.31. The Morgan fingerprint density at radius 1 is 1.33 bits per heavy atom. The first kappa shape index (κ1) is 11.2. The van der Waals surface area contributed by atoms with Crippen LogP contribution < -0.4 is 9.47 Å². The largest absolute Gasteiger partial charge is 0.497 e. The van der Waals surface area contributed by atoms with E-state index in [9.17, 15) is 0 Å². The molecule has 0 amide bonds. The average Bonchev–Trinajstić information content (AvgIpc) is 2.29. The lowest BCUT2D eigenvalue weighted by atomic mass is 10.1. The zero-order valence-corrected chi connectivity index (χ0v) is 8.80. The van der Waals surface area contributed by atoms with Crippen LogP contribution in [-0.2, 0) is 6.42 Å². The van der Waals surface area contributed by atoms with Crippen molar-refractivity contribution in [2.24, 2.45) is 5.11 Å². The number of ether oxygens (including phenoxy) is 2. The highest BCUT2D eigenvalue weighted by Gasteiger charge is 2.03. The van der Waals surface area contributed by atoms with E-state index in [0.717, 1.165) is 17.1 Å². The molecule has 0 radical (unpaired) electrons. The molecule has 1 aromatic carbocycles. The fraction of sp³-hybridized carbons (Fsp3) is 0.400. The van der Waals surface area contributed by atoms with Crippen LogP contribution in [0.3, 0.4) is 0 Å². The van der Waals surface area contributed by atoms with Crippen LogP contribution in [-0.4, -0.2) is 20.8 Å². The highest BCUT2D eigenvalue weighted by molar-refractivity contribution is 5.40. The van der Waals surface area contributed by atoms with Gasteiger partial charge in [0.05, 0.1) is 14.2 Å². The van der Waals surface area contributed by atoms with Crippen molar-refractivity contribution in [2.45, 2.75) is 6.42 Å². The number of hydrogen-bond donors (Lipinski definition) is 0. The molecular weight excluding hydrogens is 194 g/mol. The first-order chi connectivity index (χ1) is 7.31. The van der Waals surface area contributed by atoms with E-state index >= 15 is 0 Å². The van der Waals surface area contributed by atoms with Gasteiger partial charge >= 0.3 is 0 Å². The third-order valence-corrected chi connectivity index (χ3v) is 2.04. The van der Waals surface area contributed by atoms with Gasteiger partial charge < -0.3 is 9.47 Å². The molecule has 0 unspecified atom stereocenters. The van der Waals surface area contributed by atoms with Crippen LogP contribution in [0.4, 0.5) is 0 Å². The number of rotatable bonds is 5. The molecular formula is C10H13N3O2. The summed E-state index contributed by atoms with van der Waals surface area (Å²) in [5.74, 6) is 1.50. The Labute approximate surface area is 88.3 Å². The molecule has 80 valence electrons. The lowest BCUT2D eigenvalue weighted by Crippen LogP contribution is -1.95. The van der Waals surface area contributed by atoms with Gasteiger partial charge in [0.25, 0.3) is 0 Å². The summed E-state index contributed by atoms with van der Waals surface area (Å²) < 4.78 is 10.3. The van der Waals surface area contributed by atoms with E-state index in [4.69, 9.17) is 15.0 Å². The fourth-order valence-electron chi connectivity index (χ4n) is 1.27. The SMILES string of the molecule is COc1ccc(CCN=[N+]=[N-])c(OC)c1. The summed E-state index contributed by atoms with van der Waals surface area (Å²) in [5, 5.41) is 3.48. The van der Waals surface area contributed by atoms with Crippen LogP contribution >= 0.6 is 0 Å². The maximum Gasteiger partial charge on any atom is 0.125 e. The van der Waals surface area contributed by atoms with Gasteiger partial charge in [0.15, 0.2) is 0 Å². The molecule has 0 heterocycles. The summed E-state index contributed by atoms with van der Waals surface area (Å²) >= 11 is 0. The van der Waals surface area contributed by atoms with Crippen molar-refractivity contribution in [1.29, 1.82) is 0 Å². The number of methoxy groups -OCH3 is 2. The molecule has 1 aromatic rings. The van der Waals surface area contributed by atoms with Gasteiger partial charge in [-0.2, -0.15) is 0 Å². The standard InChI is InChI=1S/C10H13N3O2/c1-14-9-4-3-8(5-6-12-13-11)10(7-9)15-2/h3-4,7H,5-6H2,1-2H3. The van der Waals surface area contributed by atoms with Crippen molar-refractivity contribution in [2.75, 3.05) is 20.8 Å². The molecule has 0 aliphatic heterocycles. The Bertz CT molecular complexity index is 373. The monoisotopic (exact) mass is 207 g/mol. The van der Waals surface area contributed by atoms with Gasteiger partial charge in [-0.25, -0.2) is 0 Å². The van der Waals surface area contributed by atoms with Crippen LogP contribution in [0.1, 0.15) is 5.56 Å². The van der Waals surface area contributed by atoms with E-state index in [1.807, 2.05) is 18.2 Å². The predicted molar refractivity (Wildman–Crippen MR) is 57.3 cm³/mol. The normalized spacial score (nSPS) is 9.20. The van der Waals surface area contributed by atoms with E-state index in [0.29, 0.717) is 13.0 Å². The van der Waals surface area contributed by atoms with Crippen LogP contribution in [0.5, 0.6) is 11.5 Å². The van der Waals surface area contributed by atoms with Gasteiger partial charge in [-0.15, -0.1) is 0 Å². The molecule has 0 saturated heterocycles. The summed E-state index contributed by atoms with van der Waals surface area (Å²) in [6, 6.07) is 5.57. The number of hydrogen-bond acceptors (Lipinski definition) is 3. The molecule has 0 atom stereocenters. The molecule has 5 heteroatoms. The van der Waals surface area contributed by atoms with E-state index in [1.165, 1.54) is 0 Å².